The van der Waals surface area contributed by atoms with Crippen molar-refractivity contribution in [3.05, 3.63) is 46.4 Å². The summed E-state index contributed by atoms with van der Waals surface area (Å²) in [6, 6.07) is 8.07. The molecule has 0 aliphatic carbocycles. The van der Waals surface area contributed by atoms with E-state index < -0.39 is 22.0 Å². The number of carbonyl (C=O) groups is 1. The predicted octanol–water partition coefficient (Wildman–Crippen LogP) is 3.80. The molecule has 0 aliphatic rings. The lowest BCUT2D eigenvalue weighted by Gasteiger charge is -2.28. The van der Waals surface area contributed by atoms with Gasteiger partial charge in [-0.1, -0.05) is 23.2 Å². The highest BCUT2D eigenvalue weighted by Crippen LogP contribution is 2.31. The van der Waals surface area contributed by atoms with Gasteiger partial charge in [0.25, 0.3) is 0 Å². The SMILES string of the molecule is COc1ccc(NC(=O)[C@H](C)N(c2cc(Cl)cc(Cl)c2)S(C)(=O)=O)cc1OC. The lowest BCUT2D eigenvalue weighted by molar-refractivity contribution is -0.116. The van der Waals surface area contributed by atoms with Crippen LogP contribution in [0.3, 0.4) is 0 Å². The summed E-state index contributed by atoms with van der Waals surface area (Å²) in [5.74, 6) is 0.378. The summed E-state index contributed by atoms with van der Waals surface area (Å²) in [5, 5.41) is 3.18. The molecular weight excluding hydrogens is 427 g/mol. The second-order valence-corrected chi connectivity index (χ2v) is 8.65. The summed E-state index contributed by atoms with van der Waals surface area (Å²) in [5.41, 5.74) is 0.613. The molecular formula is C18H20Cl2N2O5S. The van der Waals surface area contributed by atoms with Gasteiger partial charge in [-0.2, -0.15) is 0 Å². The van der Waals surface area contributed by atoms with Crippen molar-refractivity contribution in [3.63, 3.8) is 0 Å². The Kier molecular flexibility index (Phi) is 7.03. The molecule has 0 fully saturated rings. The first-order valence-electron chi connectivity index (χ1n) is 8.05. The van der Waals surface area contributed by atoms with Crippen LogP contribution in [-0.2, 0) is 14.8 Å². The molecule has 0 saturated carbocycles. The lowest BCUT2D eigenvalue weighted by atomic mass is 10.2. The average molecular weight is 447 g/mol. The van der Waals surface area contributed by atoms with Crippen LogP contribution in [0.15, 0.2) is 36.4 Å². The summed E-state index contributed by atoms with van der Waals surface area (Å²) >= 11 is 12.0. The molecule has 0 bridgehead atoms. The van der Waals surface area contributed by atoms with Crippen LogP contribution < -0.4 is 19.1 Å². The van der Waals surface area contributed by atoms with Crippen molar-refractivity contribution in [1.82, 2.24) is 0 Å². The maximum Gasteiger partial charge on any atom is 0.247 e. The molecule has 0 aromatic heterocycles. The van der Waals surface area contributed by atoms with Crippen molar-refractivity contribution < 1.29 is 22.7 Å². The smallest absolute Gasteiger partial charge is 0.247 e. The molecule has 10 heteroatoms. The second kappa shape index (κ2) is 8.89. The topological polar surface area (TPSA) is 84.9 Å². The highest BCUT2D eigenvalue weighted by Gasteiger charge is 2.29. The van der Waals surface area contributed by atoms with Gasteiger partial charge < -0.3 is 14.8 Å². The van der Waals surface area contributed by atoms with Gasteiger partial charge in [-0.25, -0.2) is 8.42 Å². The molecule has 0 aliphatic heterocycles. The van der Waals surface area contributed by atoms with Crippen LogP contribution in [0, 0.1) is 0 Å². The van der Waals surface area contributed by atoms with Gasteiger partial charge in [-0.05, 0) is 37.3 Å². The Morgan fingerprint density at radius 3 is 2.11 bits per heavy atom. The molecule has 0 radical (unpaired) electrons. The molecule has 1 N–H and O–H groups in total. The van der Waals surface area contributed by atoms with Gasteiger partial charge in [-0.15, -0.1) is 0 Å². The fourth-order valence-corrected chi connectivity index (χ4v) is 4.31. The summed E-state index contributed by atoms with van der Waals surface area (Å²) in [6.45, 7) is 1.46. The molecule has 1 amide bonds. The van der Waals surface area contributed by atoms with Gasteiger partial charge >= 0.3 is 0 Å². The molecule has 7 nitrogen and oxygen atoms in total. The molecule has 2 aromatic rings. The number of carbonyl (C=O) groups excluding carboxylic acids is 1. The first-order valence-corrected chi connectivity index (χ1v) is 10.7. The van der Waals surface area contributed by atoms with Gasteiger partial charge in [0.2, 0.25) is 15.9 Å². The number of nitrogens with zero attached hydrogens (tertiary/aromatic N) is 1. The lowest BCUT2D eigenvalue weighted by Crippen LogP contribution is -2.45. The van der Waals surface area contributed by atoms with Crippen molar-refractivity contribution in [1.29, 1.82) is 0 Å². The molecule has 2 rings (SSSR count). The first kappa shape index (κ1) is 22.1. The standard InChI is InChI=1S/C18H20Cl2N2O5S/c1-11(18(23)21-14-5-6-16(26-2)17(10-14)27-3)22(28(4,24)25)15-8-12(19)7-13(20)9-15/h5-11H,1-4H3,(H,21,23)/t11-/m0/s1. The number of ether oxygens (including phenoxy) is 2. The third-order valence-corrected chi connectivity index (χ3v) is 5.52. The quantitative estimate of drug-likeness (QED) is 0.698. The zero-order valence-corrected chi connectivity index (χ0v) is 18.0. The first-order chi connectivity index (χ1) is 13.1. The third-order valence-electron chi connectivity index (χ3n) is 3.84. The molecule has 0 spiro atoms. The minimum absolute atomic E-state index is 0.190. The molecule has 152 valence electrons. The van der Waals surface area contributed by atoms with Crippen LogP contribution >= 0.6 is 23.2 Å². The number of rotatable bonds is 7. The van der Waals surface area contributed by atoms with Crippen LogP contribution in [0.2, 0.25) is 10.0 Å². The minimum Gasteiger partial charge on any atom is -0.493 e. The van der Waals surface area contributed by atoms with Gasteiger partial charge in [0.1, 0.15) is 6.04 Å². The third kappa shape index (κ3) is 5.21. The van der Waals surface area contributed by atoms with Crippen LogP contribution in [-0.4, -0.2) is 40.8 Å². The Bertz CT molecular complexity index is 962. The van der Waals surface area contributed by atoms with Crippen molar-refractivity contribution >= 4 is 50.5 Å². The van der Waals surface area contributed by atoms with E-state index in [1.807, 2.05) is 0 Å². The molecule has 0 unspecified atom stereocenters. The van der Waals surface area contributed by atoms with Crippen molar-refractivity contribution in [2.75, 3.05) is 30.1 Å². The normalized spacial score (nSPS) is 12.2. The number of hydrogen-bond acceptors (Lipinski definition) is 5. The van der Waals surface area contributed by atoms with E-state index in [4.69, 9.17) is 32.7 Å². The molecule has 2 aromatic carbocycles. The number of nitrogens with one attached hydrogen (secondary N) is 1. The Morgan fingerprint density at radius 1 is 1.04 bits per heavy atom. The molecule has 1 atom stereocenters. The van der Waals surface area contributed by atoms with E-state index in [2.05, 4.69) is 5.32 Å². The van der Waals surface area contributed by atoms with E-state index in [9.17, 15) is 13.2 Å². The van der Waals surface area contributed by atoms with E-state index in [0.717, 1.165) is 10.6 Å². The van der Waals surface area contributed by atoms with E-state index >= 15 is 0 Å². The highest BCUT2D eigenvalue weighted by atomic mass is 35.5. The number of sulfonamides is 1. The molecule has 0 saturated heterocycles. The van der Waals surface area contributed by atoms with E-state index in [1.165, 1.54) is 39.3 Å². The Balaban J connectivity index is 2.34. The van der Waals surface area contributed by atoms with Crippen LogP contribution in [0.5, 0.6) is 11.5 Å². The van der Waals surface area contributed by atoms with Crippen LogP contribution in [0.4, 0.5) is 11.4 Å². The fraction of sp³-hybridized carbons (Fsp3) is 0.278. The van der Waals surface area contributed by atoms with Gasteiger partial charge in [0.15, 0.2) is 11.5 Å². The Labute approximate surface area is 174 Å². The number of benzene rings is 2. The second-order valence-electron chi connectivity index (χ2n) is 5.92. The Hall–Kier alpha value is -2.16. The Morgan fingerprint density at radius 2 is 1.61 bits per heavy atom. The highest BCUT2D eigenvalue weighted by molar-refractivity contribution is 7.92. The molecule has 28 heavy (non-hydrogen) atoms. The van der Waals surface area contributed by atoms with Crippen molar-refractivity contribution in [2.24, 2.45) is 0 Å². The summed E-state index contributed by atoms with van der Waals surface area (Å²) in [6.07, 6.45) is 1.00. The largest absolute Gasteiger partial charge is 0.493 e. The number of methoxy groups -OCH3 is 2. The number of amides is 1. The van der Waals surface area contributed by atoms with Crippen molar-refractivity contribution in [3.8, 4) is 11.5 Å². The fourth-order valence-electron chi connectivity index (χ4n) is 2.64. The van der Waals surface area contributed by atoms with E-state index in [-0.39, 0.29) is 15.7 Å². The van der Waals surface area contributed by atoms with Gasteiger partial charge in [0, 0.05) is 21.8 Å². The molecule has 0 heterocycles. The van der Waals surface area contributed by atoms with Gasteiger partial charge in [-0.3, -0.25) is 9.10 Å². The number of anilines is 2. The predicted molar refractivity (Wildman–Crippen MR) is 111 cm³/mol. The van der Waals surface area contributed by atoms with Crippen LogP contribution in [0.25, 0.3) is 0 Å². The van der Waals surface area contributed by atoms with E-state index in [1.54, 1.807) is 18.2 Å². The zero-order valence-electron chi connectivity index (χ0n) is 15.7. The monoisotopic (exact) mass is 446 g/mol. The summed E-state index contributed by atoms with van der Waals surface area (Å²) in [4.78, 5) is 12.7. The summed E-state index contributed by atoms with van der Waals surface area (Å²) < 4.78 is 36.0. The summed E-state index contributed by atoms with van der Waals surface area (Å²) in [7, 11) is -0.830. The average Bonchev–Trinajstić information content (AvgIpc) is 2.59. The van der Waals surface area contributed by atoms with Crippen molar-refractivity contribution in [2.45, 2.75) is 13.0 Å². The van der Waals surface area contributed by atoms with Gasteiger partial charge in [0.05, 0.1) is 26.2 Å². The number of hydrogen-bond donors (Lipinski definition) is 1. The zero-order chi connectivity index (χ0) is 21.1. The maximum absolute atomic E-state index is 12.7. The maximum atomic E-state index is 12.7. The minimum atomic E-state index is -3.80. The van der Waals surface area contributed by atoms with Crippen LogP contribution in [0.1, 0.15) is 6.92 Å². The number of halogens is 2. The van der Waals surface area contributed by atoms with E-state index in [0.29, 0.717) is 17.2 Å².